The van der Waals surface area contributed by atoms with Crippen molar-refractivity contribution in [1.29, 1.82) is 0 Å². The van der Waals surface area contributed by atoms with Gasteiger partial charge in [0, 0.05) is 32.9 Å². The van der Waals surface area contributed by atoms with Crippen LogP contribution < -0.4 is 0 Å². The lowest BCUT2D eigenvalue weighted by Crippen LogP contribution is -2.22. The lowest BCUT2D eigenvalue weighted by Gasteiger charge is -2.28. The third-order valence-electron chi connectivity index (χ3n) is 10.6. The highest BCUT2D eigenvalue weighted by molar-refractivity contribution is 6.06. The first-order chi connectivity index (χ1) is 25.2. The number of fused-ring (bicyclic) bond motifs is 6. The number of nitrogens with zero attached hydrogens (tertiary/aromatic N) is 2. The zero-order chi connectivity index (χ0) is 33.9. The van der Waals surface area contributed by atoms with Crippen LogP contribution in [0, 0.1) is 0 Å². The second-order valence-electron chi connectivity index (χ2n) is 13.4. The molecule has 1 aliphatic carbocycles. The van der Waals surface area contributed by atoms with Crippen LogP contribution in [0.5, 0.6) is 0 Å². The second kappa shape index (κ2) is 11.5. The second-order valence-corrected chi connectivity index (χ2v) is 13.4. The molecular weight excluding hydrogens is 621 g/mol. The molecule has 0 N–H and O–H groups in total. The normalized spacial score (nSPS) is 14.8. The van der Waals surface area contributed by atoms with Crippen molar-refractivity contribution in [3.05, 3.63) is 193 Å². The molecule has 0 fully saturated rings. The Balaban J connectivity index is 1.20. The summed E-state index contributed by atoms with van der Waals surface area (Å²) in [5, 5.41) is 2.17. The summed E-state index contributed by atoms with van der Waals surface area (Å²) in [6, 6.07) is 62.2. The molecule has 0 radical (unpaired) electrons. The molecule has 0 bridgehead atoms. The van der Waals surface area contributed by atoms with Crippen LogP contribution in [0.25, 0.3) is 78.1 Å². The number of furan rings is 1. The molecule has 51 heavy (non-hydrogen) atoms. The fourth-order valence-corrected chi connectivity index (χ4v) is 8.12. The highest BCUT2D eigenvalue weighted by atomic mass is 16.3. The quantitative estimate of drug-likeness (QED) is 0.186. The van der Waals surface area contributed by atoms with Crippen LogP contribution in [0.2, 0.25) is 0 Å². The van der Waals surface area contributed by atoms with E-state index in [0.717, 1.165) is 55.6 Å². The predicted octanol–water partition coefficient (Wildman–Crippen LogP) is 12.4. The molecule has 10 rings (SSSR count). The summed E-state index contributed by atoms with van der Waals surface area (Å²) >= 11 is 0. The maximum Gasteiger partial charge on any atom is 0.160 e. The maximum atomic E-state index is 6.17. The summed E-state index contributed by atoms with van der Waals surface area (Å²) in [7, 11) is 0. The van der Waals surface area contributed by atoms with E-state index in [2.05, 4.69) is 153 Å². The van der Waals surface area contributed by atoms with E-state index in [1.807, 2.05) is 30.3 Å². The largest absolute Gasteiger partial charge is 0.456 e. The van der Waals surface area contributed by atoms with Gasteiger partial charge in [0.15, 0.2) is 5.82 Å². The van der Waals surface area contributed by atoms with Crippen LogP contribution in [0.1, 0.15) is 23.6 Å². The fraction of sp³-hybridized carbons (Fsp3) is 0.0417. The molecule has 0 saturated heterocycles. The van der Waals surface area contributed by atoms with Crippen LogP contribution in [0.15, 0.2) is 180 Å². The van der Waals surface area contributed by atoms with Gasteiger partial charge in [0.25, 0.3) is 0 Å². The molecule has 1 atom stereocenters. The van der Waals surface area contributed by atoms with Crippen molar-refractivity contribution in [2.24, 2.45) is 0 Å². The van der Waals surface area contributed by atoms with E-state index in [1.165, 1.54) is 33.4 Å². The first-order valence-electron chi connectivity index (χ1n) is 17.4. The van der Waals surface area contributed by atoms with Crippen molar-refractivity contribution in [3.8, 4) is 56.2 Å². The molecule has 2 aromatic heterocycles. The number of benzene rings is 7. The summed E-state index contributed by atoms with van der Waals surface area (Å²) in [5.41, 5.74) is 15.1. The van der Waals surface area contributed by atoms with E-state index in [0.29, 0.717) is 5.82 Å². The number of hydrogen-bond donors (Lipinski definition) is 0. The Kier molecular flexibility index (Phi) is 6.62. The van der Waals surface area contributed by atoms with Gasteiger partial charge in [-0.1, -0.05) is 146 Å². The third kappa shape index (κ3) is 4.59. The van der Waals surface area contributed by atoms with E-state index < -0.39 is 0 Å². The molecule has 3 heteroatoms. The first-order valence-corrected chi connectivity index (χ1v) is 17.4. The molecule has 9 aromatic rings. The Morgan fingerprint density at radius 3 is 1.90 bits per heavy atom. The van der Waals surface area contributed by atoms with E-state index in [1.54, 1.807) is 0 Å². The zero-order valence-electron chi connectivity index (χ0n) is 28.0. The Bertz CT molecular complexity index is 2760. The van der Waals surface area contributed by atoms with Crippen molar-refractivity contribution in [2.75, 3.05) is 0 Å². The molecule has 1 unspecified atom stereocenters. The Hall–Kier alpha value is -6.58. The van der Waals surface area contributed by atoms with Gasteiger partial charge in [0.1, 0.15) is 11.2 Å². The van der Waals surface area contributed by atoms with Crippen molar-refractivity contribution in [2.45, 2.75) is 12.3 Å². The molecule has 2 heterocycles. The zero-order valence-corrected chi connectivity index (χ0v) is 28.0. The molecule has 0 aliphatic heterocycles. The Morgan fingerprint density at radius 2 is 1.06 bits per heavy atom. The Morgan fingerprint density at radius 1 is 0.431 bits per heavy atom. The number of rotatable bonds is 5. The van der Waals surface area contributed by atoms with Crippen LogP contribution in [0.4, 0.5) is 0 Å². The van der Waals surface area contributed by atoms with E-state index >= 15 is 0 Å². The van der Waals surface area contributed by atoms with Gasteiger partial charge >= 0.3 is 0 Å². The summed E-state index contributed by atoms with van der Waals surface area (Å²) in [5.74, 6) is 0.690. The first kappa shape index (κ1) is 29.3. The molecule has 0 saturated carbocycles. The van der Waals surface area contributed by atoms with Crippen LogP contribution >= 0.6 is 0 Å². The van der Waals surface area contributed by atoms with Gasteiger partial charge in [-0.25, -0.2) is 9.97 Å². The number of hydrogen-bond acceptors (Lipinski definition) is 3. The summed E-state index contributed by atoms with van der Waals surface area (Å²) in [6.07, 6.45) is 0. The molecule has 1 aliphatic rings. The SMILES string of the molecule is CC1(c2ccccc2)c2ccccc2-c2c(-c3ccccc3-c3cc(-c4ccc5oc6ccccc6c5c4)nc(-c4ccccc4)n3)cccc21. The minimum atomic E-state index is -0.281. The van der Waals surface area contributed by atoms with E-state index in [4.69, 9.17) is 14.4 Å². The molecular formula is C48H32N2O. The molecule has 3 nitrogen and oxygen atoms in total. The molecule has 7 aromatic carbocycles. The van der Waals surface area contributed by atoms with E-state index in [9.17, 15) is 0 Å². The van der Waals surface area contributed by atoms with Gasteiger partial charge in [0.2, 0.25) is 0 Å². The fourth-order valence-electron chi connectivity index (χ4n) is 8.12. The van der Waals surface area contributed by atoms with Crippen molar-refractivity contribution < 1.29 is 4.42 Å². The van der Waals surface area contributed by atoms with Gasteiger partial charge in [0.05, 0.1) is 11.4 Å². The van der Waals surface area contributed by atoms with Crippen molar-refractivity contribution in [1.82, 2.24) is 9.97 Å². The molecule has 0 amide bonds. The minimum Gasteiger partial charge on any atom is -0.456 e. The van der Waals surface area contributed by atoms with Gasteiger partial charge < -0.3 is 4.42 Å². The molecule has 0 spiro atoms. The van der Waals surface area contributed by atoms with E-state index in [-0.39, 0.29) is 5.41 Å². The highest BCUT2D eigenvalue weighted by Gasteiger charge is 2.41. The topological polar surface area (TPSA) is 38.9 Å². The average Bonchev–Trinajstić information content (AvgIpc) is 3.71. The lowest BCUT2D eigenvalue weighted by atomic mass is 9.74. The Labute approximate surface area is 296 Å². The smallest absolute Gasteiger partial charge is 0.160 e. The lowest BCUT2D eigenvalue weighted by molar-refractivity contribution is 0.669. The van der Waals surface area contributed by atoms with Gasteiger partial charge in [-0.3, -0.25) is 0 Å². The number of para-hydroxylation sites is 1. The predicted molar refractivity (Wildman–Crippen MR) is 208 cm³/mol. The molecule has 240 valence electrons. The monoisotopic (exact) mass is 652 g/mol. The summed E-state index contributed by atoms with van der Waals surface area (Å²) < 4.78 is 6.17. The van der Waals surface area contributed by atoms with Crippen molar-refractivity contribution >= 4 is 21.9 Å². The van der Waals surface area contributed by atoms with Gasteiger partial charge in [-0.15, -0.1) is 0 Å². The van der Waals surface area contributed by atoms with Crippen LogP contribution in [0.3, 0.4) is 0 Å². The summed E-state index contributed by atoms with van der Waals surface area (Å²) in [6.45, 7) is 2.37. The minimum absolute atomic E-state index is 0.281. The maximum absolute atomic E-state index is 6.17. The highest BCUT2D eigenvalue weighted by Crippen LogP contribution is 2.55. The van der Waals surface area contributed by atoms with Gasteiger partial charge in [-0.2, -0.15) is 0 Å². The van der Waals surface area contributed by atoms with Crippen molar-refractivity contribution in [3.63, 3.8) is 0 Å². The average molecular weight is 653 g/mol. The standard InChI is InChI=1S/C48H32N2O/c1-48(33-17-6-3-7-18-33)40-24-12-10-22-38(40)46-37(23-14-25-41(46)48)34-19-8-9-20-35(34)43-30-42(49-47(50-43)31-15-4-2-5-16-31)32-27-28-45-39(29-32)36-21-11-13-26-44(36)51-45/h2-30H,1H3. The third-order valence-corrected chi connectivity index (χ3v) is 10.6. The van der Waals surface area contributed by atoms with Gasteiger partial charge in [-0.05, 0) is 76.2 Å². The summed E-state index contributed by atoms with van der Waals surface area (Å²) in [4.78, 5) is 10.4. The van der Waals surface area contributed by atoms with Crippen LogP contribution in [-0.2, 0) is 5.41 Å². The van der Waals surface area contributed by atoms with Crippen LogP contribution in [-0.4, -0.2) is 9.97 Å². The number of aromatic nitrogens is 2.